The first-order valence-electron chi connectivity index (χ1n) is 5.66. The summed E-state index contributed by atoms with van der Waals surface area (Å²) in [5.74, 6) is -0.702. The Kier molecular flexibility index (Phi) is 2.37. The van der Waals surface area contributed by atoms with Crippen molar-refractivity contribution in [3.8, 4) is 0 Å². The summed E-state index contributed by atoms with van der Waals surface area (Å²) in [5.41, 5.74) is 2.49. The number of carbonyl (C=O) groups excluding carboxylic acids is 2. The molecule has 18 heavy (non-hydrogen) atoms. The SMILES string of the molecule is O=C1C=C(C2=Cc3c(F)cccc3C2)C(=O)CN1. The Balaban J connectivity index is 2.02. The number of nitrogens with one attached hydrogen (secondary N) is 1. The second-order valence-corrected chi connectivity index (χ2v) is 4.36. The van der Waals surface area contributed by atoms with Crippen molar-refractivity contribution >= 4 is 17.8 Å². The van der Waals surface area contributed by atoms with Crippen LogP contribution in [0.4, 0.5) is 4.39 Å². The number of ketones is 1. The van der Waals surface area contributed by atoms with Crippen molar-refractivity contribution in [2.75, 3.05) is 6.54 Å². The Morgan fingerprint density at radius 1 is 1.17 bits per heavy atom. The number of hydrogen-bond acceptors (Lipinski definition) is 2. The van der Waals surface area contributed by atoms with E-state index in [4.69, 9.17) is 0 Å². The van der Waals surface area contributed by atoms with E-state index in [0.717, 1.165) is 11.1 Å². The van der Waals surface area contributed by atoms with E-state index in [1.807, 2.05) is 6.07 Å². The van der Waals surface area contributed by atoms with Gasteiger partial charge in [0.05, 0.1) is 6.54 Å². The number of carbonyl (C=O) groups is 2. The molecule has 0 fully saturated rings. The van der Waals surface area contributed by atoms with Gasteiger partial charge in [0, 0.05) is 17.2 Å². The summed E-state index contributed by atoms with van der Waals surface area (Å²) in [7, 11) is 0. The summed E-state index contributed by atoms with van der Waals surface area (Å²) in [6.45, 7) is 0.0147. The molecule has 0 spiro atoms. The number of Topliss-reactive ketones (excluding diaryl/α,β-unsaturated/α-hetero) is 1. The highest BCUT2D eigenvalue weighted by Gasteiger charge is 2.25. The standard InChI is InChI=1S/C14H10FNO2/c15-12-3-1-2-8-4-9(5-10(8)12)11-6-14(18)16-7-13(11)17/h1-3,5-6H,4,7H2,(H,16,18). The summed E-state index contributed by atoms with van der Waals surface area (Å²) in [6.07, 6.45) is 3.45. The van der Waals surface area contributed by atoms with E-state index >= 15 is 0 Å². The molecule has 3 nitrogen and oxygen atoms in total. The lowest BCUT2D eigenvalue weighted by molar-refractivity contribution is -0.122. The first-order chi connectivity index (χ1) is 8.65. The maximum Gasteiger partial charge on any atom is 0.245 e. The van der Waals surface area contributed by atoms with Gasteiger partial charge in [-0.2, -0.15) is 0 Å². The van der Waals surface area contributed by atoms with Gasteiger partial charge in [-0.15, -0.1) is 0 Å². The fraction of sp³-hybridized carbons (Fsp3) is 0.143. The van der Waals surface area contributed by atoms with Crippen molar-refractivity contribution in [3.05, 3.63) is 52.4 Å². The van der Waals surface area contributed by atoms with Crippen LogP contribution in [-0.2, 0) is 16.0 Å². The quantitative estimate of drug-likeness (QED) is 0.810. The summed E-state index contributed by atoms with van der Waals surface area (Å²) in [5, 5.41) is 2.45. The number of amides is 1. The highest BCUT2D eigenvalue weighted by molar-refractivity contribution is 6.12. The highest BCUT2D eigenvalue weighted by atomic mass is 19.1. The van der Waals surface area contributed by atoms with Crippen LogP contribution >= 0.6 is 0 Å². The van der Waals surface area contributed by atoms with Crippen molar-refractivity contribution < 1.29 is 14.0 Å². The average Bonchev–Trinajstić information content (AvgIpc) is 2.77. The Morgan fingerprint density at radius 2 is 2.00 bits per heavy atom. The summed E-state index contributed by atoms with van der Waals surface area (Å²) in [6, 6.07) is 4.87. The third-order valence-corrected chi connectivity index (χ3v) is 3.19. The topological polar surface area (TPSA) is 46.2 Å². The molecule has 1 aromatic carbocycles. The molecule has 0 unspecified atom stereocenters. The van der Waals surface area contributed by atoms with Crippen molar-refractivity contribution in [3.63, 3.8) is 0 Å². The third-order valence-electron chi connectivity index (χ3n) is 3.19. The van der Waals surface area contributed by atoms with E-state index in [0.29, 0.717) is 17.6 Å². The predicted octanol–water partition coefficient (Wildman–Crippen LogP) is 1.39. The lowest BCUT2D eigenvalue weighted by Crippen LogP contribution is -2.34. The van der Waals surface area contributed by atoms with Gasteiger partial charge in [0.1, 0.15) is 5.82 Å². The van der Waals surface area contributed by atoms with E-state index in [1.54, 1.807) is 12.1 Å². The molecule has 1 N–H and O–H groups in total. The number of rotatable bonds is 1. The van der Waals surface area contributed by atoms with Gasteiger partial charge in [0.2, 0.25) is 5.91 Å². The summed E-state index contributed by atoms with van der Waals surface area (Å²) in [4.78, 5) is 23.0. The fourth-order valence-corrected chi connectivity index (χ4v) is 2.30. The van der Waals surface area contributed by atoms with Crippen LogP contribution in [0.3, 0.4) is 0 Å². The maximum absolute atomic E-state index is 13.6. The van der Waals surface area contributed by atoms with Crippen LogP contribution in [0.15, 0.2) is 35.4 Å². The van der Waals surface area contributed by atoms with Crippen LogP contribution < -0.4 is 5.32 Å². The van der Waals surface area contributed by atoms with Gasteiger partial charge >= 0.3 is 0 Å². The molecule has 90 valence electrons. The molecule has 1 aliphatic carbocycles. The van der Waals surface area contributed by atoms with Gasteiger partial charge < -0.3 is 5.32 Å². The van der Waals surface area contributed by atoms with Crippen molar-refractivity contribution in [2.24, 2.45) is 0 Å². The molecule has 2 aliphatic rings. The van der Waals surface area contributed by atoms with Gasteiger partial charge in [-0.25, -0.2) is 4.39 Å². The largest absolute Gasteiger partial charge is 0.345 e. The minimum atomic E-state index is -0.296. The molecular weight excluding hydrogens is 233 g/mol. The van der Waals surface area contributed by atoms with Crippen LogP contribution in [0.2, 0.25) is 0 Å². The molecule has 0 saturated heterocycles. The molecule has 1 aromatic rings. The number of benzene rings is 1. The van der Waals surface area contributed by atoms with E-state index in [1.165, 1.54) is 12.1 Å². The minimum absolute atomic E-state index is 0.0147. The molecule has 0 aromatic heterocycles. The number of halogens is 1. The van der Waals surface area contributed by atoms with Crippen LogP contribution in [0.1, 0.15) is 11.1 Å². The number of hydrogen-bond donors (Lipinski definition) is 1. The monoisotopic (exact) mass is 243 g/mol. The van der Waals surface area contributed by atoms with E-state index in [2.05, 4.69) is 5.32 Å². The Labute approximate surface area is 103 Å². The van der Waals surface area contributed by atoms with Gasteiger partial charge in [0.15, 0.2) is 5.78 Å². The Morgan fingerprint density at radius 3 is 2.78 bits per heavy atom. The molecule has 3 rings (SSSR count). The smallest absolute Gasteiger partial charge is 0.245 e. The maximum atomic E-state index is 13.6. The molecule has 0 radical (unpaired) electrons. The van der Waals surface area contributed by atoms with Crippen LogP contribution in [0.5, 0.6) is 0 Å². The molecule has 1 aliphatic heterocycles. The Hall–Kier alpha value is -2.23. The summed E-state index contributed by atoms with van der Waals surface area (Å²) >= 11 is 0. The van der Waals surface area contributed by atoms with Gasteiger partial charge in [-0.05, 0) is 29.7 Å². The molecule has 4 heteroatoms. The molecule has 0 saturated carbocycles. The zero-order valence-corrected chi connectivity index (χ0v) is 9.50. The molecular formula is C14H10FNO2. The molecule has 0 bridgehead atoms. The molecule has 1 amide bonds. The second kappa shape index (κ2) is 3.91. The van der Waals surface area contributed by atoms with E-state index in [-0.39, 0.29) is 24.1 Å². The molecule has 1 heterocycles. The van der Waals surface area contributed by atoms with Gasteiger partial charge in [-0.3, -0.25) is 9.59 Å². The van der Waals surface area contributed by atoms with E-state index < -0.39 is 0 Å². The predicted molar refractivity (Wildman–Crippen MR) is 64.2 cm³/mol. The van der Waals surface area contributed by atoms with Gasteiger partial charge in [0.25, 0.3) is 0 Å². The minimum Gasteiger partial charge on any atom is -0.345 e. The first kappa shape index (κ1) is 10.9. The van der Waals surface area contributed by atoms with Crippen molar-refractivity contribution in [1.29, 1.82) is 0 Å². The van der Waals surface area contributed by atoms with Gasteiger partial charge in [-0.1, -0.05) is 12.1 Å². The van der Waals surface area contributed by atoms with Crippen molar-refractivity contribution in [1.82, 2.24) is 5.32 Å². The average molecular weight is 243 g/mol. The third kappa shape index (κ3) is 1.66. The zero-order chi connectivity index (χ0) is 12.7. The number of fused-ring (bicyclic) bond motifs is 1. The first-order valence-corrected chi connectivity index (χ1v) is 5.66. The van der Waals surface area contributed by atoms with Crippen LogP contribution in [-0.4, -0.2) is 18.2 Å². The van der Waals surface area contributed by atoms with Crippen LogP contribution in [0.25, 0.3) is 6.08 Å². The molecule has 0 atom stereocenters. The lowest BCUT2D eigenvalue weighted by atomic mass is 9.97. The normalized spacial score (nSPS) is 18.1. The second-order valence-electron chi connectivity index (χ2n) is 4.36. The van der Waals surface area contributed by atoms with Crippen molar-refractivity contribution in [2.45, 2.75) is 6.42 Å². The van der Waals surface area contributed by atoms with E-state index in [9.17, 15) is 14.0 Å². The fourth-order valence-electron chi connectivity index (χ4n) is 2.30. The summed E-state index contributed by atoms with van der Waals surface area (Å²) < 4.78 is 13.6. The van der Waals surface area contributed by atoms with Crippen LogP contribution in [0, 0.1) is 5.82 Å². The number of allylic oxidation sites excluding steroid dienone is 1. The highest BCUT2D eigenvalue weighted by Crippen LogP contribution is 2.31. The lowest BCUT2D eigenvalue weighted by Gasteiger charge is -2.13. The Bertz CT molecular complexity index is 629. The zero-order valence-electron chi connectivity index (χ0n) is 9.50.